The molecule has 6 heteroatoms. The number of hydrogen-bond donors (Lipinski definition) is 1. The van der Waals surface area contributed by atoms with E-state index in [4.69, 9.17) is 9.47 Å². The van der Waals surface area contributed by atoms with E-state index in [9.17, 15) is 4.79 Å². The zero-order valence-corrected chi connectivity index (χ0v) is 17.6. The third kappa shape index (κ3) is 7.95. The maximum absolute atomic E-state index is 12.2. The molecule has 6 nitrogen and oxygen atoms in total. The Kier molecular flexibility index (Phi) is 9.72. The molecule has 1 amide bonds. The number of rotatable bonds is 12. The number of benzene rings is 1. The molecule has 0 atom stereocenters. The molecular formula is C23H31N3O3. The summed E-state index contributed by atoms with van der Waals surface area (Å²) in [6.07, 6.45) is 8.84. The summed E-state index contributed by atoms with van der Waals surface area (Å²) in [5.74, 6) is 1.04. The fourth-order valence-corrected chi connectivity index (χ4v) is 2.95. The molecular weight excluding hydrogens is 366 g/mol. The summed E-state index contributed by atoms with van der Waals surface area (Å²) in [5.41, 5.74) is 1.52. The van der Waals surface area contributed by atoms with Gasteiger partial charge in [-0.1, -0.05) is 19.9 Å². The Morgan fingerprint density at radius 2 is 1.93 bits per heavy atom. The standard InChI is InChI=1S/C23H31N3O3/c1-4-13-26(14-5-2)15-16-29-22-17-20(9-10-21(22)28-3)25-23(27)11-8-19-7-6-12-24-18-19/h6-12,17-18H,4-5,13-16H2,1-3H3,(H,25,27). The van der Waals surface area contributed by atoms with Crippen LogP contribution in [0.4, 0.5) is 5.69 Å². The summed E-state index contributed by atoms with van der Waals surface area (Å²) >= 11 is 0. The number of aromatic nitrogens is 1. The van der Waals surface area contributed by atoms with Gasteiger partial charge in [-0.25, -0.2) is 0 Å². The predicted molar refractivity (Wildman–Crippen MR) is 117 cm³/mol. The van der Waals surface area contributed by atoms with E-state index in [0.29, 0.717) is 23.8 Å². The Hall–Kier alpha value is -2.86. The maximum atomic E-state index is 12.2. The lowest BCUT2D eigenvalue weighted by Gasteiger charge is -2.21. The Morgan fingerprint density at radius 3 is 2.59 bits per heavy atom. The summed E-state index contributed by atoms with van der Waals surface area (Å²) in [4.78, 5) is 18.6. The molecule has 0 unspecified atom stereocenters. The second kappa shape index (κ2) is 12.6. The van der Waals surface area contributed by atoms with Gasteiger partial charge in [-0.05, 0) is 55.8 Å². The molecule has 0 spiro atoms. The Labute approximate surface area is 173 Å². The number of ether oxygens (including phenoxy) is 2. The van der Waals surface area contributed by atoms with Crippen LogP contribution in [0.3, 0.4) is 0 Å². The molecule has 0 radical (unpaired) electrons. The zero-order valence-electron chi connectivity index (χ0n) is 17.6. The Balaban J connectivity index is 1.96. The van der Waals surface area contributed by atoms with Crippen molar-refractivity contribution in [2.75, 3.05) is 38.7 Å². The Morgan fingerprint density at radius 1 is 1.14 bits per heavy atom. The van der Waals surface area contributed by atoms with E-state index in [1.807, 2.05) is 12.1 Å². The number of pyridine rings is 1. The third-order valence-corrected chi connectivity index (χ3v) is 4.29. The minimum atomic E-state index is -0.220. The molecule has 0 bridgehead atoms. The first-order valence-electron chi connectivity index (χ1n) is 10.1. The maximum Gasteiger partial charge on any atom is 0.248 e. The first-order valence-corrected chi connectivity index (χ1v) is 10.1. The molecule has 0 aliphatic rings. The van der Waals surface area contributed by atoms with Gasteiger partial charge in [-0.3, -0.25) is 14.7 Å². The minimum Gasteiger partial charge on any atom is -0.493 e. The highest BCUT2D eigenvalue weighted by Crippen LogP contribution is 2.30. The SMILES string of the molecule is CCCN(CCC)CCOc1cc(NC(=O)C=Cc2cccnc2)ccc1OC. The lowest BCUT2D eigenvalue weighted by Crippen LogP contribution is -2.30. The van der Waals surface area contributed by atoms with Crippen molar-refractivity contribution in [1.29, 1.82) is 0 Å². The van der Waals surface area contributed by atoms with Crippen LogP contribution in [0.1, 0.15) is 32.3 Å². The lowest BCUT2D eigenvalue weighted by molar-refractivity contribution is -0.111. The average Bonchev–Trinajstić information content (AvgIpc) is 2.73. The number of nitrogens with one attached hydrogen (secondary N) is 1. The van der Waals surface area contributed by atoms with Crippen LogP contribution in [0.5, 0.6) is 11.5 Å². The molecule has 0 aliphatic carbocycles. The predicted octanol–water partition coefficient (Wildman–Crippen LogP) is 4.24. The van der Waals surface area contributed by atoms with Crippen molar-refractivity contribution in [3.8, 4) is 11.5 Å². The van der Waals surface area contributed by atoms with Crippen molar-refractivity contribution < 1.29 is 14.3 Å². The number of carbonyl (C=O) groups is 1. The van der Waals surface area contributed by atoms with Gasteiger partial charge in [-0.15, -0.1) is 0 Å². The highest BCUT2D eigenvalue weighted by molar-refractivity contribution is 6.02. The number of hydrogen-bond acceptors (Lipinski definition) is 5. The first-order chi connectivity index (χ1) is 14.2. The summed E-state index contributed by atoms with van der Waals surface area (Å²) in [6.45, 7) is 7.91. The molecule has 1 N–H and O–H groups in total. The van der Waals surface area contributed by atoms with Gasteiger partial charge in [-0.2, -0.15) is 0 Å². The van der Waals surface area contributed by atoms with E-state index in [1.54, 1.807) is 43.8 Å². The van der Waals surface area contributed by atoms with E-state index in [0.717, 1.165) is 38.0 Å². The molecule has 156 valence electrons. The monoisotopic (exact) mass is 397 g/mol. The second-order valence-corrected chi connectivity index (χ2v) is 6.66. The summed E-state index contributed by atoms with van der Waals surface area (Å²) in [5, 5.41) is 2.85. The Bertz CT molecular complexity index is 772. The minimum absolute atomic E-state index is 0.220. The van der Waals surface area contributed by atoms with Gasteiger partial charge in [0.05, 0.1) is 7.11 Å². The number of anilines is 1. The van der Waals surface area contributed by atoms with E-state index < -0.39 is 0 Å². The molecule has 29 heavy (non-hydrogen) atoms. The van der Waals surface area contributed by atoms with E-state index in [2.05, 4.69) is 29.0 Å². The molecule has 0 aliphatic heterocycles. The van der Waals surface area contributed by atoms with Gasteiger partial charge in [0.2, 0.25) is 5.91 Å². The van der Waals surface area contributed by atoms with Crippen LogP contribution in [0.15, 0.2) is 48.8 Å². The fourth-order valence-electron chi connectivity index (χ4n) is 2.95. The van der Waals surface area contributed by atoms with Crippen molar-refractivity contribution in [1.82, 2.24) is 9.88 Å². The largest absolute Gasteiger partial charge is 0.493 e. The van der Waals surface area contributed by atoms with Crippen LogP contribution in [0, 0.1) is 0 Å². The molecule has 2 aromatic rings. The molecule has 2 rings (SSSR count). The first kappa shape index (κ1) is 22.4. The van der Waals surface area contributed by atoms with Crippen LogP contribution in [-0.2, 0) is 4.79 Å². The molecule has 1 aromatic heterocycles. The van der Waals surface area contributed by atoms with Gasteiger partial charge >= 0.3 is 0 Å². The number of methoxy groups -OCH3 is 1. The molecule has 1 aromatic carbocycles. The van der Waals surface area contributed by atoms with E-state index >= 15 is 0 Å². The quantitative estimate of drug-likeness (QED) is 0.543. The normalized spacial score (nSPS) is 11.0. The van der Waals surface area contributed by atoms with Crippen LogP contribution in [0.25, 0.3) is 6.08 Å². The molecule has 0 saturated carbocycles. The number of amides is 1. The van der Waals surface area contributed by atoms with Crippen molar-refractivity contribution in [2.45, 2.75) is 26.7 Å². The number of nitrogens with zero attached hydrogens (tertiary/aromatic N) is 2. The van der Waals surface area contributed by atoms with Crippen LogP contribution >= 0.6 is 0 Å². The van der Waals surface area contributed by atoms with E-state index in [1.165, 1.54) is 6.08 Å². The van der Waals surface area contributed by atoms with Crippen molar-refractivity contribution in [3.05, 3.63) is 54.4 Å². The highest BCUT2D eigenvalue weighted by atomic mass is 16.5. The van der Waals surface area contributed by atoms with Crippen LogP contribution < -0.4 is 14.8 Å². The lowest BCUT2D eigenvalue weighted by atomic mass is 10.2. The summed E-state index contributed by atoms with van der Waals surface area (Å²) < 4.78 is 11.3. The van der Waals surface area contributed by atoms with Gasteiger partial charge in [0, 0.05) is 36.8 Å². The summed E-state index contributed by atoms with van der Waals surface area (Å²) in [6, 6.07) is 9.09. The zero-order chi connectivity index (χ0) is 20.9. The van der Waals surface area contributed by atoms with Gasteiger partial charge in [0.1, 0.15) is 6.61 Å². The van der Waals surface area contributed by atoms with Crippen molar-refractivity contribution in [2.24, 2.45) is 0 Å². The molecule has 0 fully saturated rings. The number of carbonyl (C=O) groups excluding carboxylic acids is 1. The average molecular weight is 398 g/mol. The van der Waals surface area contributed by atoms with E-state index in [-0.39, 0.29) is 5.91 Å². The van der Waals surface area contributed by atoms with Gasteiger partial charge < -0.3 is 14.8 Å². The fraction of sp³-hybridized carbons (Fsp3) is 0.391. The third-order valence-electron chi connectivity index (χ3n) is 4.29. The highest BCUT2D eigenvalue weighted by Gasteiger charge is 2.09. The van der Waals surface area contributed by atoms with Crippen LogP contribution in [0.2, 0.25) is 0 Å². The summed E-state index contributed by atoms with van der Waals surface area (Å²) in [7, 11) is 1.61. The molecule has 1 heterocycles. The smallest absolute Gasteiger partial charge is 0.248 e. The van der Waals surface area contributed by atoms with Gasteiger partial charge in [0.25, 0.3) is 0 Å². The van der Waals surface area contributed by atoms with Gasteiger partial charge in [0.15, 0.2) is 11.5 Å². The topological polar surface area (TPSA) is 63.7 Å². The second-order valence-electron chi connectivity index (χ2n) is 6.66. The van der Waals surface area contributed by atoms with Crippen molar-refractivity contribution in [3.63, 3.8) is 0 Å². The molecule has 0 saturated heterocycles. The van der Waals surface area contributed by atoms with Crippen molar-refractivity contribution >= 4 is 17.7 Å². The van der Waals surface area contributed by atoms with Crippen LogP contribution in [-0.4, -0.2) is 49.1 Å².